The van der Waals surface area contributed by atoms with E-state index in [0.717, 1.165) is 5.69 Å². The molecular weight excluding hydrogens is 242 g/mol. The molecule has 0 bridgehead atoms. The zero-order valence-electron chi connectivity index (χ0n) is 10.1. The Balaban J connectivity index is 2.14. The number of nitrogens with zero attached hydrogens (tertiary/aromatic N) is 6. The second-order valence-electron chi connectivity index (χ2n) is 3.58. The van der Waals surface area contributed by atoms with Gasteiger partial charge in [-0.2, -0.15) is 20.7 Å². The second-order valence-corrected chi connectivity index (χ2v) is 3.58. The number of rotatable bonds is 3. The first-order valence-corrected chi connectivity index (χ1v) is 5.35. The minimum Gasteiger partial charge on any atom is -0.277 e. The van der Waals surface area contributed by atoms with E-state index in [1.54, 1.807) is 35.3 Å². The van der Waals surface area contributed by atoms with Crippen molar-refractivity contribution in [1.29, 1.82) is 10.5 Å². The third-order valence-electron chi connectivity index (χ3n) is 2.25. The molecular formula is C12H9N7. The summed E-state index contributed by atoms with van der Waals surface area (Å²) in [6.45, 7) is 1.81. The van der Waals surface area contributed by atoms with Gasteiger partial charge in [-0.3, -0.25) is 5.43 Å². The summed E-state index contributed by atoms with van der Waals surface area (Å²) in [4.78, 5) is 4.04. The molecule has 0 aliphatic heterocycles. The Morgan fingerprint density at radius 2 is 1.95 bits per heavy atom. The Kier molecular flexibility index (Phi) is 3.51. The molecule has 7 heteroatoms. The summed E-state index contributed by atoms with van der Waals surface area (Å²) in [6, 6.07) is 10.5. The Bertz CT molecular complexity index is 666. The standard InChI is InChI=1S/C12H9N7/c1-9-15-8-19(18-9)12-4-2-10(3-5-12)16-17-11(6-13)7-14/h2-5,8,16H,1H3. The van der Waals surface area contributed by atoms with Crippen LogP contribution in [-0.2, 0) is 0 Å². The van der Waals surface area contributed by atoms with E-state index in [1.807, 2.05) is 19.1 Å². The van der Waals surface area contributed by atoms with E-state index >= 15 is 0 Å². The molecule has 0 spiro atoms. The zero-order chi connectivity index (χ0) is 13.7. The maximum atomic E-state index is 8.54. The number of nitriles is 2. The Morgan fingerprint density at radius 3 is 2.47 bits per heavy atom. The predicted octanol–water partition coefficient (Wildman–Crippen LogP) is 1.39. The van der Waals surface area contributed by atoms with Gasteiger partial charge in [0.2, 0.25) is 5.71 Å². The lowest BCUT2D eigenvalue weighted by molar-refractivity contribution is 0.863. The molecule has 19 heavy (non-hydrogen) atoms. The van der Waals surface area contributed by atoms with E-state index in [1.165, 1.54) is 0 Å². The van der Waals surface area contributed by atoms with Crippen LogP contribution in [0.1, 0.15) is 5.82 Å². The number of hydrogen-bond acceptors (Lipinski definition) is 6. The summed E-state index contributed by atoms with van der Waals surface area (Å²) in [7, 11) is 0. The van der Waals surface area contributed by atoms with Crippen LogP contribution in [0.5, 0.6) is 0 Å². The number of aromatic nitrogens is 3. The largest absolute Gasteiger partial charge is 0.277 e. The van der Waals surface area contributed by atoms with Gasteiger partial charge in [-0.25, -0.2) is 9.67 Å². The van der Waals surface area contributed by atoms with Gasteiger partial charge in [-0.15, -0.1) is 0 Å². The van der Waals surface area contributed by atoms with Crippen LogP contribution in [0, 0.1) is 29.6 Å². The average Bonchev–Trinajstić information content (AvgIpc) is 2.87. The molecule has 1 N–H and O–H groups in total. The number of anilines is 1. The van der Waals surface area contributed by atoms with Gasteiger partial charge in [0.15, 0.2) is 0 Å². The maximum Gasteiger partial charge on any atom is 0.237 e. The molecule has 2 rings (SSSR count). The summed E-state index contributed by atoms with van der Waals surface area (Å²) in [6.07, 6.45) is 1.62. The van der Waals surface area contributed by atoms with Gasteiger partial charge < -0.3 is 0 Å². The Morgan fingerprint density at radius 1 is 1.26 bits per heavy atom. The number of aryl methyl sites for hydroxylation is 1. The summed E-state index contributed by atoms with van der Waals surface area (Å²) >= 11 is 0. The topological polar surface area (TPSA) is 103 Å². The molecule has 0 radical (unpaired) electrons. The van der Waals surface area contributed by atoms with Crippen molar-refractivity contribution in [2.24, 2.45) is 5.10 Å². The lowest BCUT2D eigenvalue weighted by Gasteiger charge is -2.02. The minimum atomic E-state index is -0.226. The SMILES string of the molecule is Cc1ncn(-c2ccc(NN=C(C#N)C#N)cc2)n1. The maximum absolute atomic E-state index is 8.54. The van der Waals surface area contributed by atoms with Gasteiger partial charge in [0, 0.05) is 0 Å². The fraction of sp³-hybridized carbons (Fsp3) is 0.0833. The fourth-order valence-corrected chi connectivity index (χ4v) is 1.35. The van der Waals surface area contributed by atoms with Crippen LogP contribution in [0.15, 0.2) is 35.7 Å². The molecule has 92 valence electrons. The molecule has 0 saturated carbocycles. The zero-order valence-corrected chi connectivity index (χ0v) is 10.1. The highest BCUT2D eigenvalue weighted by Crippen LogP contribution is 2.12. The fourth-order valence-electron chi connectivity index (χ4n) is 1.35. The molecule has 1 aromatic carbocycles. The lowest BCUT2D eigenvalue weighted by Crippen LogP contribution is -1.98. The van der Waals surface area contributed by atoms with Crippen molar-refractivity contribution in [1.82, 2.24) is 14.8 Å². The smallest absolute Gasteiger partial charge is 0.237 e. The van der Waals surface area contributed by atoms with Crippen molar-refractivity contribution in [3.05, 3.63) is 36.4 Å². The molecule has 0 aliphatic carbocycles. The summed E-state index contributed by atoms with van der Waals surface area (Å²) in [5.41, 5.74) is 3.93. The average molecular weight is 251 g/mol. The highest BCUT2D eigenvalue weighted by molar-refractivity contribution is 6.10. The van der Waals surface area contributed by atoms with E-state index in [-0.39, 0.29) is 5.71 Å². The highest BCUT2D eigenvalue weighted by atomic mass is 15.3. The lowest BCUT2D eigenvalue weighted by atomic mass is 10.3. The van der Waals surface area contributed by atoms with Crippen LogP contribution in [0.3, 0.4) is 0 Å². The third kappa shape index (κ3) is 2.93. The number of benzene rings is 1. The van der Waals surface area contributed by atoms with Crippen LogP contribution in [0.25, 0.3) is 5.69 Å². The number of nitrogens with one attached hydrogen (secondary N) is 1. The summed E-state index contributed by atoms with van der Waals surface area (Å²) in [5.74, 6) is 0.694. The van der Waals surface area contributed by atoms with Crippen molar-refractivity contribution in [3.8, 4) is 17.8 Å². The number of hydrazone groups is 1. The summed E-state index contributed by atoms with van der Waals surface area (Å²) < 4.78 is 1.65. The Labute approximate surface area is 109 Å². The molecule has 7 nitrogen and oxygen atoms in total. The third-order valence-corrected chi connectivity index (χ3v) is 2.25. The normalized spacial score (nSPS) is 9.21. The quantitative estimate of drug-likeness (QED) is 0.655. The van der Waals surface area contributed by atoms with Crippen LogP contribution in [0.4, 0.5) is 5.69 Å². The molecule has 0 fully saturated rings. The van der Waals surface area contributed by atoms with Crippen molar-refractivity contribution in [3.63, 3.8) is 0 Å². The first-order chi connectivity index (χ1) is 9.22. The highest BCUT2D eigenvalue weighted by Gasteiger charge is 1.99. The molecule has 1 aromatic heterocycles. The van der Waals surface area contributed by atoms with E-state index in [9.17, 15) is 0 Å². The molecule has 0 amide bonds. The van der Waals surface area contributed by atoms with Gasteiger partial charge in [0.05, 0.1) is 11.4 Å². The van der Waals surface area contributed by atoms with Crippen LogP contribution >= 0.6 is 0 Å². The monoisotopic (exact) mass is 251 g/mol. The molecule has 2 aromatic rings. The van der Waals surface area contributed by atoms with Crippen LogP contribution in [-0.4, -0.2) is 20.5 Å². The van der Waals surface area contributed by atoms with Crippen molar-refractivity contribution < 1.29 is 0 Å². The van der Waals surface area contributed by atoms with Gasteiger partial charge in [0.25, 0.3) is 0 Å². The van der Waals surface area contributed by atoms with Crippen molar-refractivity contribution in [2.75, 3.05) is 5.43 Å². The van der Waals surface area contributed by atoms with Gasteiger partial charge >= 0.3 is 0 Å². The summed E-state index contributed by atoms with van der Waals surface area (Å²) in [5, 5.41) is 24.9. The second kappa shape index (κ2) is 5.43. The van der Waals surface area contributed by atoms with Crippen LogP contribution in [0.2, 0.25) is 0 Å². The first-order valence-electron chi connectivity index (χ1n) is 5.35. The van der Waals surface area contributed by atoms with E-state index in [0.29, 0.717) is 11.5 Å². The van der Waals surface area contributed by atoms with Gasteiger partial charge in [0.1, 0.15) is 24.3 Å². The molecule has 1 heterocycles. The molecule has 0 aliphatic rings. The molecule has 0 atom stereocenters. The van der Waals surface area contributed by atoms with Crippen molar-refractivity contribution in [2.45, 2.75) is 6.92 Å². The van der Waals surface area contributed by atoms with E-state index in [2.05, 4.69) is 20.6 Å². The Hall–Kier alpha value is -3.19. The number of hydrogen-bond donors (Lipinski definition) is 1. The van der Waals surface area contributed by atoms with Crippen molar-refractivity contribution >= 4 is 11.4 Å². The van der Waals surface area contributed by atoms with E-state index < -0.39 is 0 Å². The first kappa shape index (κ1) is 12.3. The molecule has 0 unspecified atom stereocenters. The predicted molar refractivity (Wildman–Crippen MR) is 68.4 cm³/mol. The van der Waals surface area contributed by atoms with E-state index in [4.69, 9.17) is 10.5 Å². The van der Waals surface area contributed by atoms with Gasteiger partial charge in [-0.05, 0) is 31.2 Å². The van der Waals surface area contributed by atoms with Crippen LogP contribution < -0.4 is 5.43 Å². The molecule has 0 saturated heterocycles. The minimum absolute atomic E-state index is 0.226. The van der Waals surface area contributed by atoms with Gasteiger partial charge in [-0.1, -0.05) is 0 Å².